The number of rotatable bonds is 2. The molecule has 0 bridgehead atoms. The van der Waals surface area contributed by atoms with E-state index in [0.717, 1.165) is 17.4 Å². The SMILES string of the molecule is Nc1cccc(-n2c(O)c(O)n(C3CC3)c2=O)c1. The Morgan fingerprint density at radius 1 is 1.22 bits per heavy atom. The monoisotopic (exact) mass is 247 g/mol. The molecule has 0 unspecified atom stereocenters. The van der Waals surface area contributed by atoms with Gasteiger partial charge in [0.15, 0.2) is 0 Å². The Morgan fingerprint density at radius 3 is 2.56 bits per heavy atom. The fraction of sp³-hybridized carbons (Fsp3) is 0.250. The van der Waals surface area contributed by atoms with Gasteiger partial charge in [0.05, 0.1) is 5.69 Å². The summed E-state index contributed by atoms with van der Waals surface area (Å²) >= 11 is 0. The third-order valence-corrected chi connectivity index (χ3v) is 3.08. The fourth-order valence-corrected chi connectivity index (χ4v) is 2.06. The van der Waals surface area contributed by atoms with Gasteiger partial charge in [-0.25, -0.2) is 9.36 Å². The van der Waals surface area contributed by atoms with Gasteiger partial charge in [-0.1, -0.05) is 6.07 Å². The quantitative estimate of drug-likeness (QED) is 0.689. The summed E-state index contributed by atoms with van der Waals surface area (Å²) in [6.07, 6.45) is 1.68. The van der Waals surface area contributed by atoms with Gasteiger partial charge < -0.3 is 15.9 Å². The number of benzene rings is 1. The zero-order valence-electron chi connectivity index (χ0n) is 9.58. The van der Waals surface area contributed by atoms with Crippen LogP contribution in [0.15, 0.2) is 29.1 Å². The zero-order valence-corrected chi connectivity index (χ0v) is 9.58. The second kappa shape index (κ2) is 3.56. The molecule has 0 atom stereocenters. The maximum atomic E-state index is 12.2. The number of nitrogens with two attached hydrogens (primary N) is 1. The largest absolute Gasteiger partial charge is 0.491 e. The summed E-state index contributed by atoms with van der Waals surface area (Å²) in [5.41, 5.74) is 6.12. The van der Waals surface area contributed by atoms with Crippen molar-refractivity contribution < 1.29 is 10.2 Å². The summed E-state index contributed by atoms with van der Waals surface area (Å²) in [6, 6.07) is 6.57. The molecule has 1 heterocycles. The number of aromatic hydroxyl groups is 2. The van der Waals surface area contributed by atoms with E-state index >= 15 is 0 Å². The van der Waals surface area contributed by atoms with Gasteiger partial charge in [0.2, 0.25) is 0 Å². The molecular weight excluding hydrogens is 234 g/mol. The van der Waals surface area contributed by atoms with Gasteiger partial charge in [-0.2, -0.15) is 0 Å². The van der Waals surface area contributed by atoms with Crippen LogP contribution in [-0.2, 0) is 0 Å². The molecule has 1 aliphatic carbocycles. The highest BCUT2D eigenvalue weighted by molar-refractivity contribution is 5.50. The highest BCUT2D eigenvalue weighted by atomic mass is 16.3. The lowest BCUT2D eigenvalue weighted by Crippen LogP contribution is -2.22. The first-order chi connectivity index (χ1) is 8.59. The number of hydrogen-bond acceptors (Lipinski definition) is 4. The molecule has 1 aliphatic rings. The molecule has 2 aromatic rings. The molecule has 18 heavy (non-hydrogen) atoms. The Hall–Kier alpha value is -2.37. The lowest BCUT2D eigenvalue weighted by atomic mass is 10.3. The van der Waals surface area contributed by atoms with Gasteiger partial charge in [0.1, 0.15) is 0 Å². The minimum atomic E-state index is -0.447. The maximum absolute atomic E-state index is 12.2. The van der Waals surface area contributed by atoms with Crippen molar-refractivity contribution in [3.05, 3.63) is 34.7 Å². The first kappa shape index (κ1) is 10.8. The molecule has 0 spiro atoms. The van der Waals surface area contributed by atoms with Gasteiger partial charge in [-0.3, -0.25) is 4.57 Å². The van der Waals surface area contributed by atoms with Crippen molar-refractivity contribution in [2.24, 2.45) is 0 Å². The van der Waals surface area contributed by atoms with Gasteiger partial charge in [0, 0.05) is 11.7 Å². The number of anilines is 1. The Kier molecular flexibility index (Phi) is 2.13. The van der Waals surface area contributed by atoms with Gasteiger partial charge in [0.25, 0.3) is 11.8 Å². The molecular formula is C12H13N3O3. The molecule has 94 valence electrons. The number of hydrogen-bond donors (Lipinski definition) is 3. The standard InChI is InChI=1S/C12H13N3O3/c13-7-2-1-3-9(6-7)15-11(17)10(16)14(12(15)18)8-4-5-8/h1-3,6,8,16-17H,4-5,13H2. The van der Waals surface area contributed by atoms with Crippen LogP contribution < -0.4 is 11.4 Å². The average molecular weight is 247 g/mol. The molecule has 6 nitrogen and oxygen atoms in total. The van der Waals surface area contributed by atoms with E-state index in [4.69, 9.17) is 5.73 Å². The predicted octanol–water partition coefficient (Wildman–Crippen LogP) is 0.967. The smallest absolute Gasteiger partial charge is 0.338 e. The molecule has 6 heteroatoms. The minimum absolute atomic E-state index is 0.00860. The van der Waals surface area contributed by atoms with Crippen LogP contribution >= 0.6 is 0 Å². The van der Waals surface area contributed by atoms with E-state index < -0.39 is 11.6 Å². The second-order valence-corrected chi connectivity index (χ2v) is 4.46. The number of imidazole rings is 1. The minimum Gasteiger partial charge on any atom is -0.491 e. The maximum Gasteiger partial charge on any atom is 0.338 e. The van der Waals surface area contributed by atoms with Crippen molar-refractivity contribution in [2.45, 2.75) is 18.9 Å². The molecule has 1 saturated carbocycles. The van der Waals surface area contributed by atoms with Crippen LogP contribution in [0.5, 0.6) is 11.8 Å². The van der Waals surface area contributed by atoms with Gasteiger partial charge >= 0.3 is 5.69 Å². The summed E-state index contributed by atoms with van der Waals surface area (Å²) in [4.78, 5) is 12.2. The normalized spacial score (nSPS) is 14.9. The molecule has 1 fully saturated rings. The molecule has 1 aromatic heterocycles. The molecule has 4 N–H and O–H groups in total. The van der Waals surface area contributed by atoms with Crippen molar-refractivity contribution in [1.29, 1.82) is 0 Å². The van der Waals surface area contributed by atoms with Crippen molar-refractivity contribution in [2.75, 3.05) is 5.73 Å². The van der Waals surface area contributed by atoms with E-state index in [2.05, 4.69) is 0 Å². The molecule has 1 aromatic carbocycles. The van der Waals surface area contributed by atoms with Gasteiger partial charge in [-0.15, -0.1) is 0 Å². The molecule has 0 aliphatic heterocycles. The number of aromatic nitrogens is 2. The third kappa shape index (κ3) is 1.46. The van der Waals surface area contributed by atoms with Gasteiger partial charge in [-0.05, 0) is 31.0 Å². The average Bonchev–Trinajstić information content (AvgIpc) is 3.10. The van der Waals surface area contributed by atoms with Crippen LogP contribution in [0.2, 0.25) is 0 Å². The fourth-order valence-electron chi connectivity index (χ4n) is 2.06. The Balaban J connectivity index is 2.24. The first-order valence-electron chi connectivity index (χ1n) is 5.70. The number of nitrogens with zero attached hydrogens (tertiary/aromatic N) is 2. The Bertz CT molecular complexity index is 668. The Morgan fingerprint density at radius 2 is 1.94 bits per heavy atom. The summed E-state index contributed by atoms with van der Waals surface area (Å²) in [5.74, 6) is -0.831. The van der Waals surface area contributed by atoms with Crippen LogP contribution in [-0.4, -0.2) is 19.3 Å². The first-order valence-corrected chi connectivity index (χ1v) is 5.70. The highest BCUT2D eigenvalue weighted by Crippen LogP contribution is 2.40. The van der Waals surface area contributed by atoms with Crippen molar-refractivity contribution in [3.63, 3.8) is 0 Å². The van der Waals surface area contributed by atoms with Crippen LogP contribution in [0.4, 0.5) is 5.69 Å². The highest BCUT2D eigenvalue weighted by Gasteiger charge is 2.32. The van der Waals surface area contributed by atoms with E-state index in [1.54, 1.807) is 24.3 Å². The zero-order chi connectivity index (χ0) is 12.9. The van der Waals surface area contributed by atoms with Crippen molar-refractivity contribution in [3.8, 4) is 17.4 Å². The molecule has 0 amide bonds. The van der Waals surface area contributed by atoms with Crippen molar-refractivity contribution in [1.82, 2.24) is 9.13 Å². The summed E-state index contributed by atoms with van der Waals surface area (Å²) in [7, 11) is 0. The predicted molar refractivity (Wildman–Crippen MR) is 66.0 cm³/mol. The lowest BCUT2D eigenvalue weighted by Gasteiger charge is -2.03. The van der Waals surface area contributed by atoms with Crippen molar-refractivity contribution >= 4 is 5.69 Å². The summed E-state index contributed by atoms with van der Waals surface area (Å²) in [6.45, 7) is 0. The summed E-state index contributed by atoms with van der Waals surface area (Å²) < 4.78 is 2.28. The Labute approximate surface area is 103 Å². The van der Waals surface area contributed by atoms with Crippen LogP contribution in [0.25, 0.3) is 5.69 Å². The van der Waals surface area contributed by atoms with Crippen LogP contribution in [0.1, 0.15) is 18.9 Å². The number of nitrogen functional groups attached to an aromatic ring is 1. The molecule has 0 radical (unpaired) electrons. The van der Waals surface area contributed by atoms with E-state index in [9.17, 15) is 15.0 Å². The van der Waals surface area contributed by atoms with E-state index in [1.807, 2.05) is 0 Å². The second-order valence-electron chi connectivity index (χ2n) is 4.46. The molecule has 0 saturated heterocycles. The van der Waals surface area contributed by atoms with E-state index in [-0.39, 0.29) is 11.9 Å². The van der Waals surface area contributed by atoms with E-state index in [1.165, 1.54) is 4.57 Å². The lowest BCUT2D eigenvalue weighted by molar-refractivity contribution is 0.363. The molecule has 3 rings (SSSR count). The summed E-state index contributed by atoms with van der Waals surface area (Å²) in [5, 5.41) is 19.7. The topological polar surface area (TPSA) is 93.4 Å². The van der Waals surface area contributed by atoms with Crippen LogP contribution in [0.3, 0.4) is 0 Å². The van der Waals surface area contributed by atoms with Crippen LogP contribution in [0, 0.1) is 0 Å². The van der Waals surface area contributed by atoms with E-state index in [0.29, 0.717) is 11.4 Å². The third-order valence-electron chi connectivity index (χ3n) is 3.08.